The third kappa shape index (κ3) is 2.42. The number of anilines is 2. The van der Waals surface area contributed by atoms with E-state index in [4.69, 9.17) is 5.26 Å². The zero-order valence-corrected chi connectivity index (χ0v) is 12.4. The van der Waals surface area contributed by atoms with Crippen LogP contribution in [0.4, 0.5) is 11.5 Å². The molecule has 2 aromatic heterocycles. The summed E-state index contributed by atoms with van der Waals surface area (Å²) in [6, 6.07) is 15.6. The summed E-state index contributed by atoms with van der Waals surface area (Å²) in [7, 11) is 0. The first-order chi connectivity index (χ1) is 10.7. The third-order valence-corrected chi connectivity index (χ3v) is 3.46. The number of para-hydroxylation sites is 1. The Morgan fingerprint density at radius 2 is 1.86 bits per heavy atom. The van der Waals surface area contributed by atoms with Crippen LogP contribution in [-0.4, -0.2) is 14.8 Å². The van der Waals surface area contributed by atoms with E-state index in [2.05, 4.69) is 21.5 Å². The first-order valence-electron chi connectivity index (χ1n) is 6.94. The first kappa shape index (κ1) is 13.8. The van der Waals surface area contributed by atoms with Crippen LogP contribution in [0.1, 0.15) is 17.0 Å². The fourth-order valence-electron chi connectivity index (χ4n) is 2.36. The number of nitrogens with one attached hydrogen (secondary N) is 1. The number of aryl methyl sites for hydroxylation is 1. The fourth-order valence-corrected chi connectivity index (χ4v) is 2.36. The molecule has 3 aromatic rings. The summed E-state index contributed by atoms with van der Waals surface area (Å²) in [5.74, 6) is 0.545. The molecule has 0 radical (unpaired) electrons. The van der Waals surface area contributed by atoms with Crippen LogP contribution in [0, 0.1) is 25.2 Å². The minimum Gasteiger partial charge on any atom is -0.336 e. The van der Waals surface area contributed by atoms with Gasteiger partial charge in [0.2, 0.25) is 0 Å². The molecule has 0 unspecified atom stereocenters. The highest BCUT2D eigenvalue weighted by atomic mass is 15.3. The minimum absolute atomic E-state index is 0.508. The van der Waals surface area contributed by atoms with Gasteiger partial charge in [-0.3, -0.25) is 0 Å². The fraction of sp³-hybridized carbons (Fsp3) is 0.118. The maximum Gasteiger partial charge on any atom is 0.148 e. The van der Waals surface area contributed by atoms with Crippen LogP contribution in [0.25, 0.3) is 5.69 Å². The number of hydrogen-bond donors (Lipinski definition) is 1. The van der Waals surface area contributed by atoms with Crippen molar-refractivity contribution in [1.29, 1.82) is 5.26 Å². The highest BCUT2D eigenvalue weighted by molar-refractivity contribution is 5.66. The van der Waals surface area contributed by atoms with Crippen molar-refractivity contribution in [2.75, 3.05) is 5.32 Å². The van der Waals surface area contributed by atoms with Crippen molar-refractivity contribution in [2.45, 2.75) is 13.8 Å². The highest BCUT2D eigenvalue weighted by Gasteiger charge is 2.14. The lowest BCUT2D eigenvalue weighted by atomic mass is 10.2. The first-order valence-corrected chi connectivity index (χ1v) is 6.94. The Hall–Kier alpha value is -3.13. The van der Waals surface area contributed by atoms with Gasteiger partial charge in [0.1, 0.15) is 11.9 Å². The summed E-state index contributed by atoms with van der Waals surface area (Å²) in [4.78, 5) is 4.24. The van der Waals surface area contributed by atoms with Crippen LogP contribution in [0.15, 0.2) is 48.7 Å². The molecule has 108 valence electrons. The van der Waals surface area contributed by atoms with Crippen molar-refractivity contribution < 1.29 is 0 Å². The molecule has 0 saturated heterocycles. The molecular weight excluding hydrogens is 274 g/mol. The maximum atomic E-state index is 9.17. The number of pyridine rings is 1. The van der Waals surface area contributed by atoms with Gasteiger partial charge in [0.05, 0.1) is 28.3 Å². The standard InChI is InChI=1S/C17H15N5/c1-12-16(20-17-14(11-18)7-6-10-19-17)13(2)22(21-12)15-8-4-3-5-9-15/h3-10H,1-2H3,(H,19,20). The Labute approximate surface area is 128 Å². The maximum absolute atomic E-state index is 9.17. The molecule has 0 spiro atoms. The smallest absolute Gasteiger partial charge is 0.148 e. The summed E-state index contributed by atoms with van der Waals surface area (Å²) in [5, 5.41) is 17.0. The average Bonchev–Trinajstić information content (AvgIpc) is 2.84. The molecular formula is C17H15N5. The third-order valence-electron chi connectivity index (χ3n) is 3.46. The monoisotopic (exact) mass is 289 g/mol. The second kappa shape index (κ2) is 5.70. The van der Waals surface area contributed by atoms with E-state index in [1.807, 2.05) is 48.9 Å². The van der Waals surface area contributed by atoms with Gasteiger partial charge >= 0.3 is 0 Å². The van der Waals surface area contributed by atoms with Gasteiger partial charge in [-0.25, -0.2) is 9.67 Å². The van der Waals surface area contributed by atoms with E-state index < -0.39 is 0 Å². The predicted octanol–water partition coefficient (Wildman–Crippen LogP) is 3.50. The van der Waals surface area contributed by atoms with Crippen LogP contribution in [0.5, 0.6) is 0 Å². The number of nitriles is 1. The molecule has 2 heterocycles. The zero-order valence-electron chi connectivity index (χ0n) is 12.4. The van der Waals surface area contributed by atoms with Crippen molar-refractivity contribution in [3.05, 3.63) is 65.6 Å². The summed E-state index contributed by atoms with van der Waals surface area (Å²) >= 11 is 0. The molecule has 22 heavy (non-hydrogen) atoms. The minimum atomic E-state index is 0.508. The molecule has 3 rings (SSSR count). The SMILES string of the molecule is Cc1nn(-c2ccccc2)c(C)c1Nc1ncccc1C#N. The Balaban J connectivity index is 2.03. The molecule has 0 amide bonds. The molecule has 5 nitrogen and oxygen atoms in total. The molecule has 0 aliphatic heterocycles. The molecule has 0 fully saturated rings. The zero-order chi connectivity index (χ0) is 15.5. The van der Waals surface area contributed by atoms with E-state index >= 15 is 0 Å². The largest absolute Gasteiger partial charge is 0.336 e. The van der Waals surface area contributed by atoms with E-state index in [9.17, 15) is 0 Å². The Bertz CT molecular complexity index is 843. The summed E-state index contributed by atoms with van der Waals surface area (Å²) in [6.07, 6.45) is 1.66. The number of rotatable bonds is 3. The van der Waals surface area contributed by atoms with Crippen molar-refractivity contribution in [1.82, 2.24) is 14.8 Å². The molecule has 0 aliphatic carbocycles. The van der Waals surface area contributed by atoms with Gasteiger partial charge < -0.3 is 5.32 Å². The normalized spacial score (nSPS) is 10.2. The predicted molar refractivity (Wildman–Crippen MR) is 85.3 cm³/mol. The number of benzene rings is 1. The Morgan fingerprint density at radius 3 is 2.59 bits per heavy atom. The quantitative estimate of drug-likeness (QED) is 0.801. The van der Waals surface area contributed by atoms with Gasteiger partial charge in [-0.1, -0.05) is 18.2 Å². The van der Waals surface area contributed by atoms with Gasteiger partial charge in [-0.15, -0.1) is 0 Å². The lowest BCUT2D eigenvalue weighted by Gasteiger charge is -2.08. The van der Waals surface area contributed by atoms with Gasteiger partial charge in [0.15, 0.2) is 0 Å². The topological polar surface area (TPSA) is 66.5 Å². The molecule has 0 bridgehead atoms. The van der Waals surface area contributed by atoms with Crippen molar-refractivity contribution in [3.8, 4) is 11.8 Å². The van der Waals surface area contributed by atoms with Crippen LogP contribution in [-0.2, 0) is 0 Å². The Kier molecular flexibility index (Phi) is 3.58. The molecule has 0 atom stereocenters. The molecule has 1 N–H and O–H groups in total. The summed E-state index contributed by atoms with van der Waals surface area (Å²) < 4.78 is 1.88. The second-order valence-corrected chi connectivity index (χ2v) is 4.93. The lowest BCUT2D eigenvalue weighted by molar-refractivity contribution is 0.834. The number of nitrogens with zero attached hydrogens (tertiary/aromatic N) is 4. The van der Waals surface area contributed by atoms with E-state index in [1.54, 1.807) is 18.3 Å². The molecule has 1 aromatic carbocycles. The van der Waals surface area contributed by atoms with E-state index in [0.29, 0.717) is 11.4 Å². The van der Waals surface area contributed by atoms with Crippen molar-refractivity contribution in [3.63, 3.8) is 0 Å². The Morgan fingerprint density at radius 1 is 1.09 bits per heavy atom. The van der Waals surface area contributed by atoms with Crippen LogP contribution in [0.3, 0.4) is 0 Å². The number of aromatic nitrogens is 3. The van der Waals surface area contributed by atoms with Crippen LogP contribution in [0.2, 0.25) is 0 Å². The molecule has 5 heteroatoms. The lowest BCUT2D eigenvalue weighted by Crippen LogP contribution is -2.00. The van der Waals surface area contributed by atoms with Gasteiger partial charge in [0.25, 0.3) is 0 Å². The van der Waals surface area contributed by atoms with Gasteiger partial charge in [-0.05, 0) is 38.1 Å². The van der Waals surface area contributed by atoms with E-state index in [0.717, 1.165) is 22.8 Å². The van der Waals surface area contributed by atoms with Crippen molar-refractivity contribution >= 4 is 11.5 Å². The molecule has 0 saturated carbocycles. The number of hydrogen-bond acceptors (Lipinski definition) is 4. The molecule has 0 aliphatic rings. The van der Waals surface area contributed by atoms with Gasteiger partial charge in [-0.2, -0.15) is 10.4 Å². The van der Waals surface area contributed by atoms with Gasteiger partial charge in [0, 0.05) is 6.20 Å². The van der Waals surface area contributed by atoms with E-state index in [-0.39, 0.29) is 0 Å². The summed E-state index contributed by atoms with van der Waals surface area (Å²) in [6.45, 7) is 3.92. The van der Waals surface area contributed by atoms with E-state index in [1.165, 1.54) is 0 Å². The highest BCUT2D eigenvalue weighted by Crippen LogP contribution is 2.26. The summed E-state index contributed by atoms with van der Waals surface area (Å²) in [5.41, 5.74) is 4.21. The second-order valence-electron chi connectivity index (χ2n) is 4.93. The average molecular weight is 289 g/mol. The van der Waals surface area contributed by atoms with Crippen molar-refractivity contribution in [2.24, 2.45) is 0 Å². The van der Waals surface area contributed by atoms with Crippen LogP contribution >= 0.6 is 0 Å². The van der Waals surface area contributed by atoms with Crippen LogP contribution < -0.4 is 5.32 Å².